The Labute approximate surface area is 84.7 Å². The third-order valence-corrected chi connectivity index (χ3v) is 3.89. The van der Waals surface area contributed by atoms with E-state index in [4.69, 9.17) is 12.2 Å². The first-order valence-electron chi connectivity index (χ1n) is 3.42. The van der Waals surface area contributed by atoms with Gasteiger partial charge in [-0.1, -0.05) is 0 Å². The van der Waals surface area contributed by atoms with E-state index in [2.05, 4.69) is 14.8 Å². The SMILES string of the molecule is CN(C)CN(C)c1nc(=S)ss1. The van der Waals surface area contributed by atoms with Crippen LogP contribution in [0, 0.1) is 3.95 Å². The molecular formula is C6H11N3S3. The minimum Gasteiger partial charge on any atom is -0.337 e. The van der Waals surface area contributed by atoms with E-state index < -0.39 is 0 Å². The van der Waals surface area contributed by atoms with Crippen LogP contribution in [0.2, 0.25) is 0 Å². The molecular weight excluding hydrogens is 210 g/mol. The molecule has 68 valence electrons. The average Bonchev–Trinajstić information content (AvgIpc) is 2.34. The lowest BCUT2D eigenvalue weighted by Gasteiger charge is -2.19. The van der Waals surface area contributed by atoms with Gasteiger partial charge in [-0.2, -0.15) is 4.98 Å². The molecule has 0 fully saturated rings. The number of anilines is 1. The second kappa shape index (κ2) is 4.27. The molecule has 0 aliphatic carbocycles. The zero-order valence-electron chi connectivity index (χ0n) is 7.27. The van der Waals surface area contributed by atoms with Gasteiger partial charge >= 0.3 is 0 Å². The highest BCUT2D eigenvalue weighted by molar-refractivity contribution is 7.79. The van der Waals surface area contributed by atoms with Crippen LogP contribution in [0.5, 0.6) is 0 Å². The summed E-state index contributed by atoms with van der Waals surface area (Å²) in [6, 6.07) is 0. The Balaban J connectivity index is 2.65. The fourth-order valence-corrected chi connectivity index (χ4v) is 2.96. The predicted molar refractivity (Wildman–Crippen MR) is 57.8 cm³/mol. The standard InChI is InChI=1S/C6H11N3S3/c1-8(2)4-9(3)5-7-6(10)12-11-5/h4H2,1-3H3. The molecule has 1 heterocycles. The molecule has 1 rings (SSSR count). The normalized spacial score (nSPS) is 10.7. The molecule has 0 aliphatic rings. The van der Waals surface area contributed by atoms with Gasteiger partial charge in [-0.05, 0) is 47.0 Å². The van der Waals surface area contributed by atoms with Crippen molar-refractivity contribution in [1.82, 2.24) is 9.88 Å². The van der Waals surface area contributed by atoms with Gasteiger partial charge in [0.2, 0.25) is 0 Å². The molecule has 6 heteroatoms. The van der Waals surface area contributed by atoms with E-state index in [9.17, 15) is 0 Å². The zero-order chi connectivity index (χ0) is 9.14. The Morgan fingerprint density at radius 3 is 2.42 bits per heavy atom. The van der Waals surface area contributed by atoms with Crippen molar-refractivity contribution in [3.8, 4) is 0 Å². The van der Waals surface area contributed by atoms with Crippen LogP contribution >= 0.6 is 32.9 Å². The first kappa shape index (κ1) is 10.0. The molecule has 3 nitrogen and oxygen atoms in total. The molecule has 0 saturated heterocycles. The van der Waals surface area contributed by atoms with Gasteiger partial charge in [-0.25, -0.2) is 0 Å². The van der Waals surface area contributed by atoms with Gasteiger partial charge < -0.3 is 4.90 Å². The van der Waals surface area contributed by atoms with Gasteiger partial charge in [0.15, 0.2) is 9.09 Å². The van der Waals surface area contributed by atoms with E-state index in [1.165, 1.54) is 0 Å². The van der Waals surface area contributed by atoms with Crippen LogP contribution in [0.4, 0.5) is 5.13 Å². The van der Waals surface area contributed by atoms with Crippen molar-refractivity contribution in [2.45, 2.75) is 0 Å². The van der Waals surface area contributed by atoms with Crippen LogP contribution in [0.25, 0.3) is 0 Å². The minimum atomic E-state index is 0.723. The van der Waals surface area contributed by atoms with Crippen molar-refractivity contribution in [2.75, 3.05) is 32.7 Å². The lowest BCUT2D eigenvalue weighted by molar-refractivity contribution is 0.411. The molecule has 0 aromatic carbocycles. The number of rotatable bonds is 3. The molecule has 1 aromatic rings. The van der Waals surface area contributed by atoms with E-state index in [1.807, 2.05) is 21.1 Å². The summed E-state index contributed by atoms with van der Waals surface area (Å²) >= 11 is 4.94. The predicted octanol–water partition coefficient (Wildman–Crippen LogP) is 1.89. The fraction of sp³-hybridized carbons (Fsp3) is 0.667. The molecule has 0 spiro atoms. The Hall–Kier alpha value is -0.0400. The summed E-state index contributed by atoms with van der Waals surface area (Å²) in [7, 11) is 9.24. The quantitative estimate of drug-likeness (QED) is 0.441. The van der Waals surface area contributed by atoms with Crippen molar-refractivity contribution in [2.24, 2.45) is 0 Å². The summed E-state index contributed by atoms with van der Waals surface area (Å²) in [5.41, 5.74) is 0. The minimum absolute atomic E-state index is 0.723. The second-order valence-corrected chi connectivity index (χ2v) is 5.48. The van der Waals surface area contributed by atoms with Crippen molar-refractivity contribution in [1.29, 1.82) is 0 Å². The highest BCUT2D eigenvalue weighted by atomic mass is 32.9. The van der Waals surface area contributed by atoms with E-state index in [0.717, 1.165) is 15.8 Å². The van der Waals surface area contributed by atoms with Crippen molar-refractivity contribution >= 4 is 38.0 Å². The van der Waals surface area contributed by atoms with Gasteiger partial charge in [0.05, 0.1) is 6.67 Å². The van der Waals surface area contributed by atoms with Crippen LogP contribution in [0.1, 0.15) is 0 Å². The monoisotopic (exact) mass is 221 g/mol. The van der Waals surface area contributed by atoms with Crippen LogP contribution in [-0.4, -0.2) is 37.7 Å². The first-order valence-corrected chi connectivity index (χ1v) is 5.98. The highest BCUT2D eigenvalue weighted by Gasteiger charge is 2.04. The molecule has 0 N–H and O–H groups in total. The summed E-state index contributed by atoms with van der Waals surface area (Å²) in [5, 5.41) is 0.999. The maximum absolute atomic E-state index is 4.94. The van der Waals surface area contributed by atoms with Gasteiger partial charge in [0, 0.05) is 7.05 Å². The van der Waals surface area contributed by atoms with Crippen molar-refractivity contribution in [3.63, 3.8) is 0 Å². The topological polar surface area (TPSA) is 19.4 Å². The van der Waals surface area contributed by atoms with Crippen LogP contribution < -0.4 is 4.90 Å². The average molecular weight is 221 g/mol. The molecule has 0 atom stereocenters. The lowest BCUT2D eigenvalue weighted by atomic mass is 10.7. The van der Waals surface area contributed by atoms with Crippen LogP contribution in [0.15, 0.2) is 0 Å². The maximum Gasteiger partial charge on any atom is 0.198 e. The zero-order valence-corrected chi connectivity index (χ0v) is 9.72. The molecule has 0 bridgehead atoms. The number of nitrogens with zero attached hydrogens (tertiary/aromatic N) is 3. The molecule has 1 aromatic heterocycles. The third kappa shape index (κ3) is 2.78. The molecule has 0 aliphatic heterocycles. The Kier molecular flexibility index (Phi) is 3.57. The van der Waals surface area contributed by atoms with Gasteiger partial charge in [-0.15, -0.1) is 0 Å². The molecule has 12 heavy (non-hydrogen) atoms. The Morgan fingerprint density at radius 1 is 1.33 bits per heavy atom. The smallest absolute Gasteiger partial charge is 0.198 e. The summed E-state index contributed by atoms with van der Waals surface area (Å²) in [6.45, 7) is 0.870. The van der Waals surface area contributed by atoms with Crippen molar-refractivity contribution < 1.29 is 0 Å². The Morgan fingerprint density at radius 2 is 2.00 bits per heavy atom. The summed E-state index contributed by atoms with van der Waals surface area (Å²) in [6.07, 6.45) is 0. The van der Waals surface area contributed by atoms with E-state index in [1.54, 1.807) is 20.7 Å². The highest BCUT2D eigenvalue weighted by Crippen LogP contribution is 2.21. The molecule has 0 amide bonds. The molecule has 0 radical (unpaired) electrons. The van der Waals surface area contributed by atoms with Crippen LogP contribution in [0.3, 0.4) is 0 Å². The second-order valence-electron chi connectivity index (χ2n) is 2.75. The molecule has 0 unspecified atom stereocenters. The van der Waals surface area contributed by atoms with Crippen molar-refractivity contribution in [3.05, 3.63) is 3.95 Å². The van der Waals surface area contributed by atoms with Gasteiger partial charge in [0.1, 0.15) is 0 Å². The first-order chi connectivity index (χ1) is 5.59. The third-order valence-electron chi connectivity index (χ3n) is 1.20. The number of hydrogen-bond acceptors (Lipinski definition) is 6. The fourth-order valence-electron chi connectivity index (χ4n) is 0.822. The summed E-state index contributed by atoms with van der Waals surface area (Å²) in [4.78, 5) is 8.39. The largest absolute Gasteiger partial charge is 0.337 e. The van der Waals surface area contributed by atoms with E-state index in [0.29, 0.717) is 0 Å². The van der Waals surface area contributed by atoms with Gasteiger partial charge in [0.25, 0.3) is 0 Å². The van der Waals surface area contributed by atoms with Crippen LogP contribution in [-0.2, 0) is 0 Å². The maximum atomic E-state index is 4.94. The Bertz CT molecular complexity index is 290. The lowest BCUT2D eigenvalue weighted by Crippen LogP contribution is -2.29. The number of hydrogen-bond donors (Lipinski definition) is 0. The summed E-state index contributed by atoms with van der Waals surface area (Å²) < 4.78 is 0.723. The molecule has 0 saturated carbocycles. The summed E-state index contributed by atoms with van der Waals surface area (Å²) in [5.74, 6) is 0. The van der Waals surface area contributed by atoms with E-state index in [-0.39, 0.29) is 0 Å². The van der Waals surface area contributed by atoms with E-state index >= 15 is 0 Å². The number of aromatic nitrogens is 1. The van der Waals surface area contributed by atoms with Gasteiger partial charge in [-0.3, -0.25) is 4.90 Å².